The Morgan fingerprint density at radius 1 is 1.07 bits per heavy atom. The van der Waals surface area contributed by atoms with Crippen molar-refractivity contribution in [3.63, 3.8) is 0 Å². The van der Waals surface area contributed by atoms with Gasteiger partial charge in [-0.05, 0) is 38.1 Å². The number of benzene rings is 1. The summed E-state index contributed by atoms with van der Waals surface area (Å²) in [7, 11) is 1.28. The molecule has 0 amide bonds. The third-order valence-corrected chi connectivity index (χ3v) is 4.30. The van der Waals surface area contributed by atoms with Crippen LogP contribution in [0.4, 0.5) is 0 Å². The Kier molecular flexibility index (Phi) is 5.16. The van der Waals surface area contributed by atoms with Gasteiger partial charge in [-0.15, -0.1) is 0 Å². The number of nitrogens with zero attached hydrogens (tertiary/aromatic N) is 2. The summed E-state index contributed by atoms with van der Waals surface area (Å²) in [5.74, 6) is -0.699. The van der Waals surface area contributed by atoms with Gasteiger partial charge in [0, 0.05) is 6.54 Å². The molecule has 0 aliphatic heterocycles. The second kappa shape index (κ2) is 7.53. The molecule has 2 aromatic heterocycles. The van der Waals surface area contributed by atoms with E-state index in [4.69, 9.17) is 13.9 Å². The van der Waals surface area contributed by atoms with E-state index in [2.05, 4.69) is 0 Å². The first-order chi connectivity index (χ1) is 13.0. The summed E-state index contributed by atoms with van der Waals surface area (Å²) in [5.41, 5.74) is 1.57. The molecule has 0 unspecified atom stereocenters. The minimum Gasteiger partial charge on any atom is -0.467 e. The van der Waals surface area contributed by atoms with Crippen molar-refractivity contribution in [2.75, 3.05) is 13.7 Å². The lowest BCUT2D eigenvalue weighted by atomic mass is 10.2. The molecule has 0 spiro atoms. The van der Waals surface area contributed by atoms with Crippen LogP contribution in [0.1, 0.15) is 40.3 Å². The number of aryl methyl sites for hydroxylation is 1. The molecule has 8 nitrogen and oxygen atoms in total. The van der Waals surface area contributed by atoms with Gasteiger partial charge in [0.05, 0.1) is 43.1 Å². The molecule has 0 bridgehead atoms. The maximum atomic E-state index is 12.9. The van der Waals surface area contributed by atoms with Crippen molar-refractivity contribution in [3.8, 4) is 0 Å². The van der Waals surface area contributed by atoms with E-state index in [0.29, 0.717) is 28.9 Å². The molecule has 0 atom stereocenters. The van der Waals surface area contributed by atoms with Gasteiger partial charge in [-0.25, -0.2) is 14.4 Å². The van der Waals surface area contributed by atoms with E-state index in [9.17, 15) is 14.4 Å². The van der Waals surface area contributed by atoms with Crippen LogP contribution in [-0.2, 0) is 22.6 Å². The molecule has 3 rings (SSSR count). The van der Waals surface area contributed by atoms with E-state index in [1.807, 2.05) is 6.92 Å². The number of hydrogen-bond acceptors (Lipinski definition) is 6. The van der Waals surface area contributed by atoms with Gasteiger partial charge in [-0.2, -0.15) is 0 Å². The minimum absolute atomic E-state index is 0.0338. The van der Waals surface area contributed by atoms with Crippen molar-refractivity contribution in [1.29, 1.82) is 0 Å². The molecule has 27 heavy (non-hydrogen) atoms. The summed E-state index contributed by atoms with van der Waals surface area (Å²) in [6, 6.07) is 6.45. The monoisotopic (exact) mass is 372 g/mol. The number of carbonyl (C=O) groups is 2. The first-order valence-electron chi connectivity index (χ1n) is 8.56. The van der Waals surface area contributed by atoms with Crippen LogP contribution in [0.5, 0.6) is 0 Å². The number of rotatable bonds is 6. The third-order valence-electron chi connectivity index (χ3n) is 4.30. The number of aromatic nitrogens is 2. The summed E-state index contributed by atoms with van der Waals surface area (Å²) in [6.45, 7) is 4.34. The van der Waals surface area contributed by atoms with E-state index in [1.54, 1.807) is 29.7 Å². The lowest BCUT2D eigenvalue weighted by molar-refractivity contribution is 0.0525. The van der Waals surface area contributed by atoms with Gasteiger partial charge in [0.25, 0.3) is 0 Å². The highest BCUT2D eigenvalue weighted by molar-refractivity contribution is 5.94. The van der Waals surface area contributed by atoms with Gasteiger partial charge in [-0.3, -0.25) is 9.13 Å². The standard InChI is InChI=1S/C19H20N2O6/c1-4-20-14-7-6-12(17(22)26-5-2)10-15(14)21(19(20)24)11-16-13(8-9-27-16)18(23)25-3/h6-10H,4-5,11H2,1-3H3. The van der Waals surface area contributed by atoms with E-state index in [0.717, 1.165) is 0 Å². The van der Waals surface area contributed by atoms with E-state index >= 15 is 0 Å². The zero-order valence-corrected chi connectivity index (χ0v) is 15.4. The molecule has 2 heterocycles. The highest BCUT2D eigenvalue weighted by atomic mass is 16.5. The van der Waals surface area contributed by atoms with Gasteiger partial charge >= 0.3 is 17.6 Å². The predicted octanol–water partition coefficient (Wildman–Crippen LogP) is 2.43. The van der Waals surface area contributed by atoms with Crippen LogP contribution in [0.25, 0.3) is 11.0 Å². The second-order valence-corrected chi connectivity index (χ2v) is 5.79. The van der Waals surface area contributed by atoms with Crippen LogP contribution in [0.2, 0.25) is 0 Å². The zero-order chi connectivity index (χ0) is 19.6. The Morgan fingerprint density at radius 2 is 1.85 bits per heavy atom. The number of hydrogen-bond donors (Lipinski definition) is 0. The number of furan rings is 1. The minimum atomic E-state index is -0.543. The molecular weight excluding hydrogens is 352 g/mol. The molecule has 0 aliphatic rings. The first-order valence-corrected chi connectivity index (χ1v) is 8.56. The average molecular weight is 372 g/mol. The maximum absolute atomic E-state index is 12.9. The fraction of sp³-hybridized carbons (Fsp3) is 0.316. The summed E-state index contributed by atoms with van der Waals surface area (Å²) in [4.78, 5) is 36.8. The van der Waals surface area contributed by atoms with Crippen molar-refractivity contribution < 1.29 is 23.5 Å². The quantitative estimate of drug-likeness (QED) is 0.617. The Bertz CT molecular complexity index is 1060. The van der Waals surface area contributed by atoms with Crippen LogP contribution in [0.15, 0.2) is 39.7 Å². The number of carbonyl (C=O) groups excluding carboxylic acids is 2. The average Bonchev–Trinajstić information content (AvgIpc) is 3.24. The molecule has 142 valence electrons. The van der Waals surface area contributed by atoms with Crippen LogP contribution in [0, 0.1) is 0 Å². The summed E-state index contributed by atoms with van der Waals surface area (Å²) < 4.78 is 18.2. The maximum Gasteiger partial charge on any atom is 0.341 e. The van der Waals surface area contributed by atoms with Crippen LogP contribution >= 0.6 is 0 Å². The van der Waals surface area contributed by atoms with Crippen molar-refractivity contribution in [3.05, 3.63) is 57.9 Å². The lowest BCUT2D eigenvalue weighted by Crippen LogP contribution is -2.24. The molecule has 0 saturated carbocycles. The van der Waals surface area contributed by atoms with Gasteiger partial charge in [0.15, 0.2) is 0 Å². The van der Waals surface area contributed by atoms with E-state index < -0.39 is 11.9 Å². The predicted molar refractivity (Wildman–Crippen MR) is 97.0 cm³/mol. The highest BCUT2D eigenvalue weighted by Gasteiger charge is 2.20. The number of imidazole rings is 1. The number of fused-ring (bicyclic) bond motifs is 1. The fourth-order valence-electron chi connectivity index (χ4n) is 3.02. The number of esters is 2. The van der Waals surface area contributed by atoms with Gasteiger partial charge < -0.3 is 13.9 Å². The van der Waals surface area contributed by atoms with E-state index in [-0.39, 0.29) is 24.4 Å². The highest BCUT2D eigenvalue weighted by Crippen LogP contribution is 2.20. The van der Waals surface area contributed by atoms with E-state index in [1.165, 1.54) is 24.0 Å². The normalized spacial score (nSPS) is 10.9. The molecule has 1 aromatic carbocycles. The van der Waals surface area contributed by atoms with Crippen LogP contribution in [0.3, 0.4) is 0 Å². The summed E-state index contributed by atoms with van der Waals surface area (Å²) >= 11 is 0. The molecule has 0 fully saturated rings. The Hall–Kier alpha value is -3.29. The SMILES string of the molecule is CCOC(=O)c1ccc2c(c1)n(Cc1occc1C(=O)OC)c(=O)n2CC. The molecule has 8 heteroatoms. The molecule has 0 saturated heterocycles. The lowest BCUT2D eigenvalue weighted by Gasteiger charge is -2.05. The molecule has 0 N–H and O–H groups in total. The third kappa shape index (κ3) is 3.25. The van der Waals surface area contributed by atoms with Crippen molar-refractivity contribution >= 4 is 23.0 Å². The van der Waals surface area contributed by atoms with Gasteiger partial charge in [-0.1, -0.05) is 0 Å². The molecule has 0 aliphatic carbocycles. The number of ether oxygens (including phenoxy) is 2. The Labute approximate surface area is 154 Å². The van der Waals surface area contributed by atoms with Crippen molar-refractivity contribution in [1.82, 2.24) is 9.13 Å². The van der Waals surface area contributed by atoms with Crippen LogP contribution < -0.4 is 5.69 Å². The molecule has 3 aromatic rings. The zero-order valence-electron chi connectivity index (χ0n) is 15.4. The molecular formula is C19H20N2O6. The Balaban J connectivity index is 2.14. The van der Waals surface area contributed by atoms with Gasteiger partial charge in [0.2, 0.25) is 0 Å². The second-order valence-electron chi connectivity index (χ2n) is 5.79. The van der Waals surface area contributed by atoms with Crippen molar-refractivity contribution in [2.24, 2.45) is 0 Å². The first kappa shape index (κ1) is 18.5. The largest absolute Gasteiger partial charge is 0.467 e. The van der Waals surface area contributed by atoms with Crippen LogP contribution in [-0.4, -0.2) is 34.8 Å². The summed E-state index contributed by atoms with van der Waals surface area (Å²) in [5, 5.41) is 0. The smallest absolute Gasteiger partial charge is 0.341 e. The van der Waals surface area contributed by atoms with Gasteiger partial charge in [0.1, 0.15) is 11.3 Å². The molecule has 0 radical (unpaired) electrons. The summed E-state index contributed by atoms with van der Waals surface area (Å²) in [6.07, 6.45) is 1.37. The Morgan fingerprint density at radius 3 is 2.52 bits per heavy atom. The number of methoxy groups -OCH3 is 1. The fourth-order valence-corrected chi connectivity index (χ4v) is 3.02. The van der Waals surface area contributed by atoms with Crippen molar-refractivity contribution in [2.45, 2.75) is 26.9 Å². The topological polar surface area (TPSA) is 92.7 Å².